The highest BCUT2D eigenvalue weighted by Gasteiger charge is 2.34. The third-order valence-corrected chi connectivity index (χ3v) is 6.47. The van der Waals surface area contributed by atoms with E-state index in [1.165, 1.54) is 11.0 Å². The van der Waals surface area contributed by atoms with Crippen molar-refractivity contribution in [2.45, 2.75) is 38.4 Å². The number of hydrogen-bond donors (Lipinski definition) is 0. The third kappa shape index (κ3) is 4.30. The Hall–Kier alpha value is -4.28. The largest absolute Gasteiger partial charge is 0.480 e. The van der Waals surface area contributed by atoms with Crippen LogP contribution in [0.2, 0.25) is 0 Å². The minimum absolute atomic E-state index is 0.387. The molecule has 0 bridgehead atoms. The van der Waals surface area contributed by atoms with Crippen molar-refractivity contribution in [3.63, 3.8) is 0 Å². The van der Waals surface area contributed by atoms with Crippen LogP contribution in [0, 0.1) is 6.92 Å². The highest BCUT2D eigenvalue weighted by atomic mass is 19.4. The molecule has 0 amide bonds. The molecule has 11 heteroatoms. The fraction of sp³-hybridized carbons (Fsp3) is 0.269. The van der Waals surface area contributed by atoms with Gasteiger partial charge in [-0.05, 0) is 49.6 Å². The molecule has 188 valence electrons. The van der Waals surface area contributed by atoms with Gasteiger partial charge in [0, 0.05) is 23.2 Å². The monoisotopic (exact) mass is 505 g/mol. The van der Waals surface area contributed by atoms with E-state index in [-0.39, 0.29) is 0 Å². The molecule has 1 aliphatic carbocycles. The first-order valence-electron chi connectivity index (χ1n) is 11.8. The number of methoxy groups -OCH3 is 1. The lowest BCUT2D eigenvalue weighted by molar-refractivity contribution is -0.141. The Labute approximate surface area is 209 Å². The molecule has 1 aliphatic rings. The SMILES string of the molecule is COc1ncnc(C2CC2)c1-c1cc2c(cn1)cnn2Cc1ccc(-n2nc(C(F)(F)F)cc2C)cc1. The lowest BCUT2D eigenvalue weighted by Gasteiger charge is -2.12. The molecular weight excluding hydrogens is 483 g/mol. The number of hydrogen-bond acceptors (Lipinski definition) is 6. The Balaban J connectivity index is 1.31. The van der Waals surface area contributed by atoms with Crippen molar-refractivity contribution in [1.82, 2.24) is 34.5 Å². The molecule has 0 spiro atoms. The molecule has 37 heavy (non-hydrogen) atoms. The van der Waals surface area contributed by atoms with E-state index >= 15 is 0 Å². The van der Waals surface area contributed by atoms with Gasteiger partial charge in [0.25, 0.3) is 0 Å². The minimum atomic E-state index is -4.49. The quantitative estimate of drug-likeness (QED) is 0.310. The van der Waals surface area contributed by atoms with E-state index in [0.717, 1.165) is 52.3 Å². The van der Waals surface area contributed by atoms with E-state index < -0.39 is 11.9 Å². The van der Waals surface area contributed by atoms with Crippen LogP contribution >= 0.6 is 0 Å². The summed E-state index contributed by atoms with van der Waals surface area (Å²) in [6.07, 6.45) is 2.74. The molecule has 1 aromatic carbocycles. The normalized spacial score (nSPS) is 13.9. The van der Waals surface area contributed by atoms with Gasteiger partial charge in [0.15, 0.2) is 5.69 Å². The van der Waals surface area contributed by atoms with Gasteiger partial charge in [-0.25, -0.2) is 14.6 Å². The molecule has 4 aromatic heterocycles. The summed E-state index contributed by atoms with van der Waals surface area (Å²) >= 11 is 0. The predicted octanol–water partition coefficient (Wildman–Crippen LogP) is 5.34. The van der Waals surface area contributed by atoms with Gasteiger partial charge < -0.3 is 4.74 Å². The first-order valence-corrected chi connectivity index (χ1v) is 11.8. The molecule has 0 radical (unpaired) electrons. The average molecular weight is 506 g/mol. The Morgan fingerprint density at radius 2 is 1.81 bits per heavy atom. The van der Waals surface area contributed by atoms with Crippen LogP contribution in [0.3, 0.4) is 0 Å². The van der Waals surface area contributed by atoms with Gasteiger partial charge in [0.05, 0.1) is 48.0 Å². The van der Waals surface area contributed by atoms with Crippen molar-refractivity contribution < 1.29 is 17.9 Å². The molecule has 1 fully saturated rings. The van der Waals surface area contributed by atoms with Gasteiger partial charge in [-0.3, -0.25) is 9.67 Å². The fourth-order valence-electron chi connectivity index (χ4n) is 4.47. The van der Waals surface area contributed by atoms with Gasteiger partial charge in [-0.2, -0.15) is 23.4 Å². The fourth-order valence-corrected chi connectivity index (χ4v) is 4.47. The second-order valence-corrected chi connectivity index (χ2v) is 9.10. The summed E-state index contributed by atoms with van der Waals surface area (Å²) in [7, 11) is 1.59. The van der Waals surface area contributed by atoms with E-state index in [4.69, 9.17) is 4.74 Å². The maximum absolute atomic E-state index is 13.0. The predicted molar refractivity (Wildman–Crippen MR) is 129 cm³/mol. The Morgan fingerprint density at radius 1 is 1.03 bits per heavy atom. The van der Waals surface area contributed by atoms with Crippen LogP contribution in [-0.2, 0) is 12.7 Å². The third-order valence-electron chi connectivity index (χ3n) is 6.47. The Bertz CT molecular complexity index is 1600. The lowest BCUT2D eigenvalue weighted by atomic mass is 10.1. The molecule has 5 aromatic rings. The maximum atomic E-state index is 13.0. The first-order chi connectivity index (χ1) is 17.8. The average Bonchev–Trinajstić information content (AvgIpc) is 3.55. The van der Waals surface area contributed by atoms with Crippen LogP contribution in [0.5, 0.6) is 5.88 Å². The number of aromatic nitrogens is 7. The molecule has 1 saturated carbocycles. The van der Waals surface area contributed by atoms with E-state index in [9.17, 15) is 13.2 Å². The van der Waals surface area contributed by atoms with Crippen LogP contribution in [0.4, 0.5) is 13.2 Å². The zero-order valence-electron chi connectivity index (χ0n) is 20.1. The summed E-state index contributed by atoms with van der Waals surface area (Å²) < 4.78 is 47.8. The minimum Gasteiger partial charge on any atom is -0.480 e. The highest BCUT2D eigenvalue weighted by Crippen LogP contribution is 2.45. The van der Waals surface area contributed by atoms with Gasteiger partial charge in [0.2, 0.25) is 5.88 Å². The molecule has 0 aliphatic heterocycles. The van der Waals surface area contributed by atoms with E-state index in [0.29, 0.717) is 29.7 Å². The number of benzene rings is 1. The molecule has 0 atom stereocenters. The van der Waals surface area contributed by atoms with Crippen molar-refractivity contribution >= 4 is 10.9 Å². The number of ether oxygens (including phenoxy) is 1. The summed E-state index contributed by atoms with van der Waals surface area (Å²) in [5.41, 5.74) is 4.35. The maximum Gasteiger partial charge on any atom is 0.435 e. The van der Waals surface area contributed by atoms with Gasteiger partial charge in [-0.1, -0.05) is 12.1 Å². The van der Waals surface area contributed by atoms with E-state index in [2.05, 4.69) is 25.1 Å². The number of aryl methyl sites for hydroxylation is 1. The number of fused-ring (bicyclic) bond motifs is 1. The zero-order chi connectivity index (χ0) is 25.7. The summed E-state index contributed by atoms with van der Waals surface area (Å²) in [6, 6.07) is 10.2. The lowest BCUT2D eigenvalue weighted by Crippen LogP contribution is -2.07. The van der Waals surface area contributed by atoms with Crippen LogP contribution in [0.15, 0.2) is 55.1 Å². The second kappa shape index (κ2) is 8.68. The number of rotatable bonds is 6. The van der Waals surface area contributed by atoms with E-state index in [1.807, 2.05) is 22.9 Å². The summed E-state index contributed by atoms with van der Waals surface area (Å²) in [6.45, 7) is 2.07. The van der Waals surface area contributed by atoms with Crippen molar-refractivity contribution in [3.05, 3.63) is 77.8 Å². The van der Waals surface area contributed by atoms with Crippen molar-refractivity contribution in [2.75, 3.05) is 7.11 Å². The molecule has 0 unspecified atom stereocenters. The van der Waals surface area contributed by atoms with Crippen molar-refractivity contribution in [1.29, 1.82) is 0 Å². The van der Waals surface area contributed by atoms with Crippen LogP contribution in [-0.4, -0.2) is 41.6 Å². The topological polar surface area (TPSA) is 83.5 Å². The summed E-state index contributed by atoms with van der Waals surface area (Å²) in [4.78, 5) is 13.5. The van der Waals surface area contributed by atoms with Gasteiger partial charge >= 0.3 is 6.18 Å². The van der Waals surface area contributed by atoms with E-state index in [1.54, 1.807) is 38.6 Å². The summed E-state index contributed by atoms with van der Waals surface area (Å²) in [5, 5.41) is 9.14. The Morgan fingerprint density at radius 3 is 2.49 bits per heavy atom. The van der Waals surface area contributed by atoms with Crippen LogP contribution in [0.1, 0.15) is 41.4 Å². The smallest absolute Gasteiger partial charge is 0.435 e. The molecular formula is C26H22F3N7O. The number of pyridine rings is 1. The molecule has 0 saturated heterocycles. The number of halogens is 3. The number of nitrogens with zero attached hydrogens (tertiary/aromatic N) is 7. The first kappa shape index (κ1) is 23.1. The standard InChI is InChI=1S/C26H22F3N7O/c1-15-9-22(26(27,28)29)34-36(15)19-7-3-16(4-8-19)13-35-21-10-20(30-11-18(21)12-33-35)23-24(17-5-6-17)31-14-32-25(23)37-2/h3-4,7-12,14,17H,5-6,13H2,1-2H3. The van der Waals surface area contributed by atoms with Gasteiger partial charge in [-0.15, -0.1) is 0 Å². The molecule has 8 nitrogen and oxygen atoms in total. The van der Waals surface area contributed by atoms with Crippen molar-refractivity contribution in [3.8, 4) is 22.8 Å². The van der Waals surface area contributed by atoms with Crippen LogP contribution < -0.4 is 4.74 Å². The Kier molecular flexibility index (Phi) is 5.43. The molecule has 6 rings (SSSR count). The number of alkyl halides is 3. The highest BCUT2D eigenvalue weighted by molar-refractivity contribution is 5.83. The van der Waals surface area contributed by atoms with Crippen LogP contribution in [0.25, 0.3) is 27.8 Å². The molecule has 0 N–H and O–H groups in total. The zero-order valence-corrected chi connectivity index (χ0v) is 20.1. The molecule has 4 heterocycles. The second-order valence-electron chi connectivity index (χ2n) is 9.10. The summed E-state index contributed by atoms with van der Waals surface area (Å²) in [5.74, 6) is 0.881. The van der Waals surface area contributed by atoms with Gasteiger partial charge in [0.1, 0.15) is 6.33 Å². The van der Waals surface area contributed by atoms with Crippen molar-refractivity contribution in [2.24, 2.45) is 0 Å².